The van der Waals surface area contributed by atoms with E-state index in [-0.39, 0.29) is 0 Å². The molecule has 0 saturated heterocycles. The Hall–Kier alpha value is -3.92. The van der Waals surface area contributed by atoms with E-state index in [2.05, 4.69) is 68.5 Å². The molecule has 0 unspecified atom stereocenters. The summed E-state index contributed by atoms with van der Waals surface area (Å²) in [6, 6.07) is 20.3. The Labute approximate surface area is 212 Å². The Balaban J connectivity index is 1.08. The number of allylic oxidation sites excluding steroid dienone is 2. The van der Waals surface area contributed by atoms with Crippen molar-refractivity contribution in [1.29, 1.82) is 0 Å². The molecule has 0 N–H and O–H groups in total. The Morgan fingerprint density at radius 2 is 0.889 bits per heavy atom. The fourth-order valence-corrected chi connectivity index (χ4v) is 5.63. The van der Waals surface area contributed by atoms with Crippen molar-refractivity contribution >= 4 is 12.2 Å². The molecule has 0 radical (unpaired) electrons. The topological polar surface area (TPSA) is 51.6 Å². The molecule has 4 nitrogen and oxygen atoms in total. The molecule has 36 heavy (non-hydrogen) atoms. The average molecular weight is 471 g/mol. The number of fused-ring (bicyclic) bond motifs is 3. The molecule has 4 aromatic heterocycles. The Morgan fingerprint density at radius 3 is 1.22 bits per heavy atom. The van der Waals surface area contributed by atoms with Gasteiger partial charge in [-0.25, -0.2) is 0 Å². The summed E-state index contributed by atoms with van der Waals surface area (Å²) >= 11 is 0. The zero-order chi connectivity index (χ0) is 24.3. The van der Waals surface area contributed by atoms with E-state index in [9.17, 15) is 0 Å². The van der Waals surface area contributed by atoms with Gasteiger partial charge in [-0.05, 0) is 96.9 Å². The van der Waals surface area contributed by atoms with Gasteiger partial charge in [0.2, 0.25) is 0 Å². The molecule has 7 rings (SSSR count). The zero-order valence-corrected chi connectivity index (χ0v) is 20.4. The second-order valence-corrected chi connectivity index (χ2v) is 10.3. The van der Waals surface area contributed by atoms with Crippen LogP contribution in [0.25, 0.3) is 34.9 Å². The first-order valence-corrected chi connectivity index (χ1v) is 12.8. The van der Waals surface area contributed by atoms with Crippen molar-refractivity contribution in [2.45, 2.75) is 38.5 Å². The Morgan fingerprint density at radius 1 is 0.472 bits per heavy atom. The number of rotatable bonds is 6. The highest BCUT2D eigenvalue weighted by molar-refractivity contribution is 5.59. The third-order valence-corrected chi connectivity index (χ3v) is 8.05. The molecule has 4 heterocycles. The molecule has 4 aromatic rings. The van der Waals surface area contributed by atoms with Crippen LogP contribution in [-0.2, 0) is 0 Å². The monoisotopic (exact) mass is 470 g/mol. The third kappa shape index (κ3) is 4.76. The van der Waals surface area contributed by atoms with Crippen LogP contribution >= 0.6 is 0 Å². The van der Waals surface area contributed by atoms with E-state index in [0.29, 0.717) is 10.8 Å². The van der Waals surface area contributed by atoms with Gasteiger partial charge < -0.3 is 0 Å². The van der Waals surface area contributed by atoms with Gasteiger partial charge in [-0.1, -0.05) is 48.6 Å². The fraction of sp³-hybridized carbons (Fsp3) is 0.250. The Kier molecular flexibility index (Phi) is 6.02. The summed E-state index contributed by atoms with van der Waals surface area (Å²) in [6.07, 6.45) is 24.6. The van der Waals surface area contributed by atoms with Gasteiger partial charge in [-0.3, -0.25) is 19.9 Å². The van der Waals surface area contributed by atoms with E-state index < -0.39 is 0 Å². The van der Waals surface area contributed by atoms with Crippen LogP contribution in [0.2, 0.25) is 0 Å². The van der Waals surface area contributed by atoms with Crippen molar-refractivity contribution in [2.75, 3.05) is 0 Å². The highest BCUT2D eigenvalue weighted by Crippen LogP contribution is 2.58. The highest BCUT2D eigenvalue weighted by Gasteiger charge is 2.45. The minimum atomic E-state index is 0.334. The summed E-state index contributed by atoms with van der Waals surface area (Å²) < 4.78 is 0. The molecule has 0 spiro atoms. The SMILES string of the molecule is C(=CC12CCC(C=Cc3ccc(-c4ccccn4)nc3)(CC1)CC2)c1ccc(-c2ccccn2)nc1. The number of pyridine rings is 4. The number of hydrogen-bond donors (Lipinski definition) is 0. The molecule has 3 aliphatic carbocycles. The maximum atomic E-state index is 4.63. The van der Waals surface area contributed by atoms with Gasteiger partial charge >= 0.3 is 0 Å². The van der Waals surface area contributed by atoms with E-state index >= 15 is 0 Å². The van der Waals surface area contributed by atoms with Crippen molar-refractivity contribution in [2.24, 2.45) is 10.8 Å². The van der Waals surface area contributed by atoms with Gasteiger partial charge in [0, 0.05) is 24.8 Å². The van der Waals surface area contributed by atoms with Gasteiger partial charge in [0.1, 0.15) is 0 Å². The summed E-state index contributed by atoms with van der Waals surface area (Å²) in [7, 11) is 0. The second kappa shape index (κ2) is 9.62. The largest absolute Gasteiger partial charge is 0.255 e. The molecule has 0 amide bonds. The molecule has 0 atom stereocenters. The van der Waals surface area contributed by atoms with Crippen LogP contribution in [0.3, 0.4) is 0 Å². The van der Waals surface area contributed by atoms with Crippen LogP contribution in [0.1, 0.15) is 49.7 Å². The number of aromatic nitrogens is 4. The standard InChI is InChI=1S/C32H30N4/c1-3-21-33-27(5-1)29-9-7-25(23-35-29)11-13-31-15-18-32(19-16-31,20-17-31)14-12-26-8-10-30(36-24-26)28-6-2-4-22-34-28/h1-14,21-24H,15-20H2. The molecule has 178 valence electrons. The first kappa shape index (κ1) is 22.5. The lowest BCUT2D eigenvalue weighted by molar-refractivity contribution is 0.0588. The van der Waals surface area contributed by atoms with E-state index in [0.717, 1.165) is 33.9 Å². The number of nitrogens with zero attached hydrogens (tertiary/aromatic N) is 4. The van der Waals surface area contributed by atoms with E-state index in [1.165, 1.54) is 38.5 Å². The maximum Gasteiger partial charge on any atom is 0.0886 e. The summed E-state index contributed by atoms with van der Waals surface area (Å²) in [5.74, 6) is 0. The summed E-state index contributed by atoms with van der Waals surface area (Å²) in [4.78, 5) is 18.0. The van der Waals surface area contributed by atoms with Gasteiger partial charge in [0.15, 0.2) is 0 Å². The quantitative estimate of drug-likeness (QED) is 0.290. The van der Waals surface area contributed by atoms with Crippen LogP contribution in [0.5, 0.6) is 0 Å². The zero-order valence-electron chi connectivity index (χ0n) is 20.4. The summed E-state index contributed by atoms with van der Waals surface area (Å²) in [5.41, 5.74) is 6.65. The van der Waals surface area contributed by atoms with Crippen molar-refractivity contribution in [3.05, 3.63) is 109 Å². The third-order valence-electron chi connectivity index (χ3n) is 8.05. The number of hydrogen-bond acceptors (Lipinski definition) is 4. The second-order valence-electron chi connectivity index (χ2n) is 10.3. The van der Waals surface area contributed by atoms with Gasteiger partial charge in [0.05, 0.1) is 22.8 Å². The van der Waals surface area contributed by atoms with E-state index in [4.69, 9.17) is 0 Å². The first-order valence-electron chi connectivity index (χ1n) is 12.8. The lowest BCUT2D eigenvalue weighted by Crippen LogP contribution is -2.39. The maximum absolute atomic E-state index is 4.63. The van der Waals surface area contributed by atoms with Crippen LogP contribution in [-0.4, -0.2) is 19.9 Å². The van der Waals surface area contributed by atoms with Gasteiger partial charge in [-0.15, -0.1) is 0 Å². The van der Waals surface area contributed by atoms with Crippen molar-refractivity contribution in [1.82, 2.24) is 19.9 Å². The van der Waals surface area contributed by atoms with Crippen molar-refractivity contribution in [3.8, 4) is 22.8 Å². The van der Waals surface area contributed by atoms with Gasteiger partial charge in [0.25, 0.3) is 0 Å². The highest BCUT2D eigenvalue weighted by atomic mass is 14.8. The van der Waals surface area contributed by atoms with E-state index in [1.807, 2.05) is 61.2 Å². The van der Waals surface area contributed by atoms with E-state index in [1.54, 1.807) is 0 Å². The lowest BCUT2D eigenvalue weighted by atomic mass is 9.53. The molecule has 3 saturated carbocycles. The average Bonchev–Trinajstić information content (AvgIpc) is 2.98. The van der Waals surface area contributed by atoms with Crippen molar-refractivity contribution in [3.63, 3.8) is 0 Å². The molecule has 0 aliphatic heterocycles. The normalized spacial score (nSPS) is 23.4. The minimum Gasteiger partial charge on any atom is -0.255 e. The van der Waals surface area contributed by atoms with Crippen molar-refractivity contribution < 1.29 is 0 Å². The fourth-order valence-electron chi connectivity index (χ4n) is 5.63. The molecule has 0 aromatic carbocycles. The minimum absolute atomic E-state index is 0.334. The van der Waals surface area contributed by atoms with Crippen LogP contribution in [0, 0.1) is 10.8 Å². The smallest absolute Gasteiger partial charge is 0.0886 e. The predicted molar refractivity (Wildman–Crippen MR) is 146 cm³/mol. The lowest BCUT2D eigenvalue weighted by Gasteiger charge is -2.51. The molecule has 2 bridgehead atoms. The van der Waals surface area contributed by atoms with Crippen LogP contribution in [0.4, 0.5) is 0 Å². The first-order chi connectivity index (χ1) is 17.7. The predicted octanol–water partition coefficient (Wildman–Crippen LogP) is 7.67. The van der Waals surface area contributed by atoms with Crippen LogP contribution < -0.4 is 0 Å². The molecular formula is C32H30N4. The summed E-state index contributed by atoms with van der Waals surface area (Å²) in [6.45, 7) is 0. The molecule has 3 aliphatic rings. The van der Waals surface area contributed by atoms with Gasteiger partial charge in [-0.2, -0.15) is 0 Å². The Bertz CT molecular complexity index is 1220. The molecule has 3 fully saturated rings. The molecule has 4 heteroatoms. The van der Waals surface area contributed by atoms with Crippen LogP contribution in [0.15, 0.2) is 97.6 Å². The summed E-state index contributed by atoms with van der Waals surface area (Å²) in [5, 5.41) is 0. The molecular weight excluding hydrogens is 440 g/mol.